The van der Waals surface area contributed by atoms with Crippen LogP contribution >= 0.6 is 0 Å². The Morgan fingerprint density at radius 2 is 1.76 bits per heavy atom. The SMILES string of the molecule is CCCCCCNC(=O)C[C@@H](c1ccc(C)cc1)c1cn(CC)c2ccccc12. The third-order valence-corrected chi connectivity index (χ3v) is 5.76. The summed E-state index contributed by atoms with van der Waals surface area (Å²) in [6, 6.07) is 17.2. The average Bonchev–Trinajstić information content (AvgIpc) is 3.11. The first-order valence-corrected chi connectivity index (χ1v) is 11.0. The lowest BCUT2D eigenvalue weighted by Gasteiger charge is -2.18. The van der Waals surface area contributed by atoms with Gasteiger partial charge < -0.3 is 9.88 Å². The van der Waals surface area contributed by atoms with E-state index in [1.807, 2.05) is 0 Å². The molecule has 1 atom stereocenters. The summed E-state index contributed by atoms with van der Waals surface area (Å²) < 4.78 is 2.29. The summed E-state index contributed by atoms with van der Waals surface area (Å²) in [6.45, 7) is 8.17. The zero-order valence-corrected chi connectivity index (χ0v) is 18.1. The molecule has 1 amide bonds. The minimum absolute atomic E-state index is 0.0592. The largest absolute Gasteiger partial charge is 0.356 e. The maximum Gasteiger partial charge on any atom is 0.220 e. The molecule has 0 bridgehead atoms. The third-order valence-electron chi connectivity index (χ3n) is 5.76. The van der Waals surface area contributed by atoms with Gasteiger partial charge in [-0.1, -0.05) is 74.2 Å². The first-order chi connectivity index (χ1) is 14.1. The van der Waals surface area contributed by atoms with Gasteiger partial charge in [-0.25, -0.2) is 0 Å². The summed E-state index contributed by atoms with van der Waals surface area (Å²) in [4.78, 5) is 12.8. The molecule has 0 aliphatic heterocycles. The number of nitrogens with one attached hydrogen (secondary N) is 1. The van der Waals surface area contributed by atoms with Gasteiger partial charge in [-0.15, -0.1) is 0 Å². The van der Waals surface area contributed by atoms with Gasteiger partial charge >= 0.3 is 0 Å². The number of carbonyl (C=O) groups is 1. The van der Waals surface area contributed by atoms with Crippen molar-refractivity contribution in [2.45, 2.75) is 65.3 Å². The van der Waals surface area contributed by atoms with Crippen molar-refractivity contribution < 1.29 is 4.79 Å². The zero-order chi connectivity index (χ0) is 20.6. The summed E-state index contributed by atoms with van der Waals surface area (Å²) in [6.07, 6.45) is 7.41. The number of para-hydroxylation sites is 1. The molecule has 3 rings (SSSR count). The van der Waals surface area contributed by atoms with Crippen molar-refractivity contribution in [1.29, 1.82) is 0 Å². The number of aromatic nitrogens is 1. The molecule has 3 heteroatoms. The van der Waals surface area contributed by atoms with E-state index in [1.54, 1.807) is 0 Å². The summed E-state index contributed by atoms with van der Waals surface area (Å²) in [5.41, 5.74) is 4.93. The van der Waals surface area contributed by atoms with Crippen molar-refractivity contribution in [3.8, 4) is 0 Å². The van der Waals surface area contributed by atoms with Gasteiger partial charge in [0.05, 0.1) is 0 Å². The molecule has 0 saturated carbocycles. The highest BCUT2D eigenvalue weighted by Crippen LogP contribution is 2.35. The molecule has 1 aromatic heterocycles. The average molecular weight is 391 g/mol. The van der Waals surface area contributed by atoms with Crippen LogP contribution < -0.4 is 5.32 Å². The van der Waals surface area contributed by atoms with E-state index < -0.39 is 0 Å². The first kappa shape index (κ1) is 21.2. The number of hydrogen-bond donors (Lipinski definition) is 1. The van der Waals surface area contributed by atoms with E-state index in [0.29, 0.717) is 6.42 Å². The van der Waals surface area contributed by atoms with E-state index in [1.165, 1.54) is 46.9 Å². The van der Waals surface area contributed by atoms with Crippen LogP contribution in [-0.2, 0) is 11.3 Å². The molecule has 1 N–H and O–H groups in total. The number of nitrogens with zero attached hydrogens (tertiary/aromatic N) is 1. The van der Waals surface area contributed by atoms with Crippen LogP contribution in [0.1, 0.15) is 68.6 Å². The number of hydrogen-bond acceptors (Lipinski definition) is 1. The quantitative estimate of drug-likeness (QED) is 0.412. The molecule has 0 saturated heterocycles. The van der Waals surface area contributed by atoms with Crippen LogP contribution in [-0.4, -0.2) is 17.0 Å². The fourth-order valence-corrected chi connectivity index (χ4v) is 4.06. The van der Waals surface area contributed by atoms with Gasteiger partial charge in [0.2, 0.25) is 5.91 Å². The molecule has 154 valence electrons. The van der Waals surface area contributed by atoms with Gasteiger partial charge in [-0.05, 0) is 37.5 Å². The van der Waals surface area contributed by atoms with E-state index in [4.69, 9.17) is 0 Å². The highest BCUT2D eigenvalue weighted by molar-refractivity contribution is 5.86. The molecule has 1 heterocycles. The van der Waals surface area contributed by atoms with Gasteiger partial charge in [0.25, 0.3) is 0 Å². The van der Waals surface area contributed by atoms with Gasteiger partial charge in [0.15, 0.2) is 0 Å². The van der Waals surface area contributed by atoms with Crippen molar-refractivity contribution in [2.75, 3.05) is 6.54 Å². The topological polar surface area (TPSA) is 34.0 Å². The number of rotatable bonds is 10. The molecule has 0 aliphatic rings. The minimum atomic E-state index is 0.0592. The maximum atomic E-state index is 12.8. The van der Waals surface area contributed by atoms with Crippen molar-refractivity contribution >= 4 is 16.8 Å². The molecule has 3 nitrogen and oxygen atoms in total. The van der Waals surface area contributed by atoms with Crippen LogP contribution in [0.5, 0.6) is 0 Å². The van der Waals surface area contributed by atoms with Gasteiger partial charge in [0.1, 0.15) is 0 Å². The normalized spacial score (nSPS) is 12.2. The monoisotopic (exact) mass is 390 g/mol. The lowest BCUT2D eigenvalue weighted by Crippen LogP contribution is -2.26. The van der Waals surface area contributed by atoms with Gasteiger partial charge in [-0.3, -0.25) is 4.79 Å². The van der Waals surface area contributed by atoms with Crippen LogP contribution in [0.2, 0.25) is 0 Å². The van der Waals surface area contributed by atoms with Gasteiger partial charge in [0, 0.05) is 42.5 Å². The molecule has 2 aromatic carbocycles. The maximum absolute atomic E-state index is 12.8. The molecule has 0 spiro atoms. The Balaban J connectivity index is 1.87. The predicted octanol–water partition coefficient (Wildman–Crippen LogP) is 6.19. The second-order valence-electron chi connectivity index (χ2n) is 7.97. The van der Waals surface area contributed by atoms with Crippen molar-refractivity contribution in [3.63, 3.8) is 0 Å². The Morgan fingerprint density at radius 3 is 2.48 bits per heavy atom. The van der Waals surface area contributed by atoms with Crippen molar-refractivity contribution in [1.82, 2.24) is 9.88 Å². The smallest absolute Gasteiger partial charge is 0.220 e. The number of unbranched alkanes of at least 4 members (excludes halogenated alkanes) is 3. The number of benzene rings is 2. The fourth-order valence-electron chi connectivity index (χ4n) is 4.06. The fraction of sp³-hybridized carbons (Fsp3) is 0.423. The summed E-state index contributed by atoms with van der Waals surface area (Å²) in [7, 11) is 0. The lowest BCUT2D eigenvalue weighted by molar-refractivity contribution is -0.121. The standard InChI is InChI=1S/C26H34N2O/c1-4-6-7-10-17-27-26(29)18-23(21-15-13-20(3)14-16-21)24-19-28(5-2)25-12-9-8-11-22(24)25/h8-9,11-16,19,23H,4-7,10,17-18H2,1-3H3,(H,27,29)/t23-/m0/s1. The highest BCUT2D eigenvalue weighted by Gasteiger charge is 2.22. The molecular weight excluding hydrogens is 356 g/mol. The van der Waals surface area contributed by atoms with E-state index in [9.17, 15) is 4.79 Å². The second kappa shape index (κ2) is 10.3. The molecule has 0 fully saturated rings. The second-order valence-corrected chi connectivity index (χ2v) is 7.97. The molecular formula is C26H34N2O. The lowest BCUT2D eigenvalue weighted by atomic mass is 9.87. The molecule has 29 heavy (non-hydrogen) atoms. The van der Waals surface area contributed by atoms with E-state index in [-0.39, 0.29) is 11.8 Å². The van der Waals surface area contributed by atoms with Gasteiger partial charge in [-0.2, -0.15) is 0 Å². The van der Waals surface area contributed by atoms with Crippen molar-refractivity contribution in [3.05, 3.63) is 71.4 Å². The number of aryl methyl sites for hydroxylation is 2. The van der Waals surface area contributed by atoms with Crippen LogP contribution in [0.4, 0.5) is 0 Å². The van der Waals surface area contributed by atoms with E-state index >= 15 is 0 Å². The zero-order valence-electron chi connectivity index (χ0n) is 18.1. The summed E-state index contributed by atoms with van der Waals surface area (Å²) in [5, 5.41) is 4.39. The Hall–Kier alpha value is -2.55. The highest BCUT2D eigenvalue weighted by atomic mass is 16.1. The van der Waals surface area contributed by atoms with E-state index in [0.717, 1.165) is 19.5 Å². The number of fused-ring (bicyclic) bond motifs is 1. The van der Waals surface area contributed by atoms with E-state index in [2.05, 4.69) is 85.4 Å². The third kappa shape index (κ3) is 5.29. The Bertz CT molecular complexity index is 924. The molecule has 0 unspecified atom stereocenters. The summed E-state index contributed by atoms with van der Waals surface area (Å²) in [5.74, 6) is 0.198. The van der Waals surface area contributed by atoms with Crippen LogP contribution in [0, 0.1) is 6.92 Å². The van der Waals surface area contributed by atoms with Crippen molar-refractivity contribution in [2.24, 2.45) is 0 Å². The predicted molar refractivity (Wildman–Crippen MR) is 122 cm³/mol. The van der Waals surface area contributed by atoms with Crippen LogP contribution in [0.15, 0.2) is 54.7 Å². The Labute approximate surface area is 175 Å². The number of carbonyl (C=O) groups excluding carboxylic acids is 1. The van der Waals surface area contributed by atoms with Crippen LogP contribution in [0.3, 0.4) is 0 Å². The minimum Gasteiger partial charge on any atom is -0.356 e. The van der Waals surface area contributed by atoms with Crippen LogP contribution in [0.25, 0.3) is 10.9 Å². The first-order valence-electron chi connectivity index (χ1n) is 11.0. The Morgan fingerprint density at radius 1 is 1.00 bits per heavy atom. The Kier molecular flexibility index (Phi) is 7.51. The summed E-state index contributed by atoms with van der Waals surface area (Å²) >= 11 is 0. The molecule has 3 aromatic rings. The number of amides is 1. The molecule has 0 aliphatic carbocycles. The molecule has 0 radical (unpaired) electrons.